The first kappa shape index (κ1) is 18.6. The van der Waals surface area contributed by atoms with E-state index in [9.17, 15) is 19.2 Å². The van der Waals surface area contributed by atoms with E-state index in [1.165, 1.54) is 48.5 Å². The second-order valence-electron chi connectivity index (χ2n) is 5.01. The summed E-state index contributed by atoms with van der Waals surface area (Å²) in [4.78, 5) is 46.6. The molecule has 0 aliphatic heterocycles. The van der Waals surface area contributed by atoms with Crippen molar-refractivity contribution in [1.82, 2.24) is 21.7 Å². The third kappa shape index (κ3) is 4.41. The van der Waals surface area contributed by atoms with Crippen LogP contribution < -0.4 is 33.4 Å². The average molecular weight is 356 g/mol. The van der Waals surface area contributed by atoms with Gasteiger partial charge in [0.25, 0.3) is 23.6 Å². The normalized spacial score (nSPS) is 9.77. The molecule has 134 valence electrons. The predicted octanol–water partition coefficient (Wildman–Crippen LogP) is -1.03. The second-order valence-corrected chi connectivity index (χ2v) is 5.01. The number of nitrogens with two attached hydrogens (primary N) is 2. The Kier molecular flexibility index (Phi) is 5.98. The van der Waals surface area contributed by atoms with Gasteiger partial charge in [-0.25, -0.2) is 11.7 Å². The lowest BCUT2D eigenvalue weighted by molar-refractivity contribution is 0.0846. The molecule has 2 aromatic rings. The molecule has 10 nitrogen and oxygen atoms in total. The van der Waals surface area contributed by atoms with Crippen LogP contribution >= 0.6 is 0 Å². The molecule has 0 aromatic heterocycles. The van der Waals surface area contributed by atoms with Crippen molar-refractivity contribution in [3.05, 3.63) is 70.8 Å². The van der Waals surface area contributed by atoms with Gasteiger partial charge in [0, 0.05) is 22.3 Å². The maximum Gasteiger partial charge on any atom is 0.269 e. The summed E-state index contributed by atoms with van der Waals surface area (Å²) in [6, 6.07) is 11.3. The molecule has 2 rings (SSSR count). The summed E-state index contributed by atoms with van der Waals surface area (Å²) >= 11 is 0. The van der Waals surface area contributed by atoms with Crippen molar-refractivity contribution in [3.8, 4) is 0 Å². The SMILES string of the molecule is NNC(=O)c1ccc(C(=O)NNC(=O)c2ccc(C(=O)NN)cc2)cc1. The summed E-state index contributed by atoms with van der Waals surface area (Å²) in [7, 11) is 0. The van der Waals surface area contributed by atoms with Gasteiger partial charge in [0.2, 0.25) is 0 Å². The molecule has 0 saturated heterocycles. The largest absolute Gasteiger partial charge is 0.290 e. The minimum absolute atomic E-state index is 0.230. The first-order chi connectivity index (χ1) is 12.5. The van der Waals surface area contributed by atoms with E-state index in [2.05, 4.69) is 10.9 Å². The number of hydrogen-bond acceptors (Lipinski definition) is 6. The zero-order valence-corrected chi connectivity index (χ0v) is 13.4. The molecule has 0 aliphatic carbocycles. The van der Waals surface area contributed by atoms with E-state index in [1.54, 1.807) is 0 Å². The van der Waals surface area contributed by atoms with Crippen LogP contribution in [0.3, 0.4) is 0 Å². The molecule has 0 spiro atoms. The molecule has 0 aliphatic rings. The number of carbonyl (C=O) groups is 4. The molecule has 0 unspecified atom stereocenters. The van der Waals surface area contributed by atoms with Crippen molar-refractivity contribution in [2.75, 3.05) is 0 Å². The number of carbonyl (C=O) groups excluding carboxylic acids is 4. The molecular weight excluding hydrogens is 340 g/mol. The highest BCUT2D eigenvalue weighted by molar-refractivity contribution is 6.01. The molecule has 0 atom stereocenters. The zero-order chi connectivity index (χ0) is 19.1. The predicted molar refractivity (Wildman–Crippen MR) is 91.1 cm³/mol. The van der Waals surface area contributed by atoms with Crippen LogP contribution in [0.2, 0.25) is 0 Å². The first-order valence-corrected chi connectivity index (χ1v) is 7.29. The topological polar surface area (TPSA) is 168 Å². The lowest BCUT2D eigenvalue weighted by Crippen LogP contribution is -2.41. The second kappa shape index (κ2) is 8.37. The third-order valence-electron chi connectivity index (χ3n) is 3.37. The lowest BCUT2D eigenvalue weighted by atomic mass is 10.1. The van der Waals surface area contributed by atoms with Crippen LogP contribution in [-0.2, 0) is 0 Å². The fourth-order valence-electron chi connectivity index (χ4n) is 1.97. The monoisotopic (exact) mass is 356 g/mol. The molecule has 2 aromatic carbocycles. The van der Waals surface area contributed by atoms with Crippen molar-refractivity contribution in [2.45, 2.75) is 0 Å². The Bertz CT molecular complexity index is 761. The third-order valence-corrected chi connectivity index (χ3v) is 3.37. The standard InChI is InChI=1S/C16H16N6O4/c17-19-13(23)9-1-5-11(6-2-9)15(25)21-22-16(26)12-7-3-10(4-8-12)14(24)20-18/h1-8H,17-18H2,(H,19,23)(H,20,24)(H,21,25)(H,22,26). The van der Waals surface area contributed by atoms with Gasteiger partial charge >= 0.3 is 0 Å². The van der Waals surface area contributed by atoms with E-state index in [4.69, 9.17) is 11.7 Å². The molecule has 4 amide bonds. The van der Waals surface area contributed by atoms with E-state index in [-0.39, 0.29) is 22.3 Å². The summed E-state index contributed by atoms with van der Waals surface area (Å²) in [6.45, 7) is 0. The van der Waals surface area contributed by atoms with Crippen LogP contribution in [0.4, 0.5) is 0 Å². The van der Waals surface area contributed by atoms with Crippen molar-refractivity contribution >= 4 is 23.6 Å². The van der Waals surface area contributed by atoms with Crippen molar-refractivity contribution in [1.29, 1.82) is 0 Å². The van der Waals surface area contributed by atoms with E-state index < -0.39 is 23.6 Å². The molecule has 0 heterocycles. The maximum absolute atomic E-state index is 12.0. The van der Waals surface area contributed by atoms with Gasteiger partial charge in [0.1, 0.15) is 0 Å². The number of nitrogens with one attached hydrogen (secondary N) is 4. The molecule has 0 fully saturated rings. The summed E-state index contributed by atoms with van der Waals surface area (Å²) in [5, 5.41) is 0. The lowest BCUT2D eigenvalue weighted by Gasteiger charge is -2.08. The van der Waals surface area contributed by atoms with E-state index in [0.717, 1.165) is 0 Å². The van der Waals surface area contributed by atoms with Gasteiger partial charge in [0.15, 0.2) is 0 Å². The summed E-state index contributed by atoms with van der Waals surface area (Å²) < 4.78 is 0. The van der Waals surface area contributed by atoms with Gasteiger partial charge in [0.05, 0.1) is 0 Å². The molecule has 0 radical (unpaired) electrons. The van der Waals surface area contributed by atoms with Crippen LogP contribution in [-0.4, -0.2) is 23.6 Å². The van der Waals surface area contributed by atoms with E-state index >= 15 is 0 Å². The maximum atomic E-state index is 12.0. The number of rotatable bonds is 4. The highest BCUT2D eigenvalue weighted by atomic mass is 16.2. The summed E-state index contributed by atoms with van der Waals surface area (Å²) in [5.41, 5.74) is 9.47. The van der Waals surface area contributed by atoms with E-state index in [0.29, 0.717) is 0 Å². The molecule has 0 bridgehead atoms. The fraction of sp³-hybridized carbons (Fsp3) is 0. The molecular formula is C16H16N6O4. The number of hydrazine groups is 3. The van der Waals surface area contributed by atoms with Crippen molar-refractivity contribution in [3.63, 3.8) is 0 Å². The highest BCUT2D eigenvalue weighted by Crippen LogP contribution is 2.05. The Labute approximate surface area is 147 Å². The summed E-state index contributed by atoms with van der Waals surface area (Å²) in [6.07, 6.45) is 0. The van der Waals surface area contributed by atoms with Crippen LogP contribution in [0.5, 0.6) is 0 Å². The van der Waals surface area contributed by atoms with Crippen LogP contribution in [0.25, 0.3) is 0 Å². The smallest absolute Gasteiger partial charge is 0.269 e. The fourth-order valence-corrected chi connectivity index (χ4v) is 1.97. The minimum Gasteiger partial charge on any atom is -0.290 e. The Morgan fingerprint density at radius 2 is 0.731 bits per heavy atom. The van der Waals surface area contributed by atoms with Gasteiger partial charge in [-0.3, -0.25) is 40.9 Å². The summed E-state index contributed by atoms with van der Waals surface area (Å²) in [5.74, 6) is 7.91. The Morgan fingerprint density at radius 1 is 0.500 bits per heavy atom. The van der Waals surface area contributed by atoms with E-state index in [1.807, 2.05) is 10.9 Å². The van der Waals surface area contributed by atoms with Gasteiger partial charge in [-0.05, 0) is 48.5 Å². The van der Waals surface area contributed by atoms with Gasteiger partial charge in [-0.15, -0.1) is 0 Å². The van der Waals surface area contributed by atoms with Gasteiger partial charge in [-0.1, -0.05) is 0 Å². The van der Waals surface area contributed by atoms with Crippen LogP contribution in [0, 0.1) is 0 Å². The number of benzene rings is 2. The van der Waals surface area contributed by atoms with Crippen molar-refractivity contribution in [2.24, 2.45) is 11.7 Å². The highest BCUT2D eigenvalue weighted by Gasteiger charge is 2.11. The van der Waals surface area contributed by atoms with Crippen LogP contribution in [0.1, 0.15) is 41.4 Å². The Balaban J connectivity index is 1.95. The first-order valence-electron chi connectivity index (χ1n) is 7.29. The number of nitrogen functional groups attached to an aromatic ring is 2. The molecule has 10 heteroatoms. The Hall–Kier alpha value is -3.76. The molecule has 0 saturated carbocycles. The Morgan fingerprint density at radius 3 is 0.962 bits per heavy atom. The van der Waals surface area contributed by atoms with Gasteiger partial charge < -0.3 is 0 Å². The number of amides is 4. The minimum atomic E-state index is -0.572. The molecule has 26 heavy (non-hydrogen) atoms. The van der Waals surface area contributed by atoms with Gasteiger partial charge in [-0.2, -0.15) is 0 Å². The quantitative estimate of drug-likeness (QED) is 0.232. The zero-order valence-electron chi connectivity index (χ0n) is 13.4. The van der Waals surface area contributed by atoms with Crippen LogP contribution in [0.15, 0.2) is 48.5 Å². The average Bonchev–Trinajstić information content (AvgIpc) is 2.70. The van der Waals surface area contributed by atoms with Crippen molar-refractivity contribution < 1.29 is 19.2 Å². The molecule has 8 N–H and O–H groups in total. The number of hydrogen-bond donors (Lipinski definition) is 6.